The van der Waals surface area contributed by atoms with Crippen molar-refractivity contribution in [3.63, 3.8) is 0 Å². The molecule has 1 aliphatic heterocycles. The highest BCUT2D eigenvalue weighted by Crippen LogP contribution is 2.15. The lowest BCUT2D eigenvalue weighted by molar-refractivity contribution is 0.201. The van der Waals surface area contributed by atoms with Gasteiger partial charge in [-0.15, -0.1) is 0 Å². The first kappa shape index (κ1) is 10.3. The lowest BCUT2D eigenvalue weighted by atomic mass is 10.1. The summed E-state index contributed by atoms with van der Waals surface area (Å²) in [6, 6.07) is 10.4. The summed E-state index contributed by atoms with van der Waals surface area (Å²) in [5.41, 5.74) is 1.31. The Morgan fingerprint density at radius 3 is 2.87 bits per heavy atom. The van der Waals surface area contributed by atoms with Gasteiger partial charge in [0.1, 0.15) is 6.04 Å². The van der Waals surface area contributed by atoms with Gasteiger partial charge in [0.2, 0.25) is 0 Å². The number of rotatable bonds is 3. The molecule has 0 aliphatic carbocycles. The average molecular weight is 204 g/mol. The van der Waals surface area contributed by atoms with Crippen molar-refractivity contribution in [2.75, 3.05) is 13.1 Å². The fraction of sp³-hybridized carbons (Fsp3) is 0.500. The van der Waals surface area contributed by atoms with Crippen LogP contribution in [0.3, 0.4) is 0 Å². The van der Waals surface area contributed by atoms with E-state index in [0.717, 1.165) is 32.5 Å². The second-order valence-electron chi connectivity index (χ2n) is 4.12. The molecule has 80 valence electrons. The number of likely N-dealkylation sites (tertiary alicyclic amines) is 1. The number of nitrogens with zero attached hydrogens (tertiary/aromatic N) is 2. The van der Waals surface area contributed by atoms with Crippen LogP contribution in [0.15, 0.2) is 35.5 Å². The Kier molecular flexibility index (Phi) is 3.45. The van der Waals surface area contributed by atoms with E-state index in [-0.39, 0.29) is 6.04 Å². The molecule has 0 unspecified atom stereocenters. The third-order valence-electron chi connectivity index (χ3n) is 2.88. The Balaban J connectivity index is 1.92. The molecule has 3 heteroatoms. The molecule has 0 saturated carbocycles. The molecule has 1 aromatic carbocycles. The zero-order valence-electron chi connectivity index (χ0n) is 8.80. The van der Waals surface area contributed by atoms with Crippen LogP contribution in [0, 0.1) is 4.91 Å². The maximum absolute atomic E-state index is 10.5. The van der Waals surface area contributed by atoms with Gasteiger partial charge in [-0.05, 0) is 24.9 Å². The summed E-state index contributed by atoms with van der Waals surface area (Å²) in [5.74, 6) is 0. The van der Waals surface area contributed by atoms with E-state index in [2.05, 4.69) is 34.3 Å². The molecule has 0 bridgehead atoms. The number of piperidine rings is 1. The first-order valence-electron chi connectivity index (χ1n) is 5.47. The van der Waals surface area contributed by atoms with E-state index in [1.54, 1.807) is 0 Å². The van der Waals surface area contributed by atoms with E-state index in [9.17, 15) is 4.91 Å². The molecule has 1 atom stereocenters. The number of benzene rings is 1. The molecular weight excluding hydrogens is 188 g/mol. The SMILES string of the molecule is O=N[C@H]1CCCN(Cc2ccccc2)C1. The van der Waals surface area contributed by atoms with Gasteiger partial charge in [-0.3, -0.25) is 4.90 Å². The van der Waals surface area contributed by atoms with Crippen LogP contribution in [-0.2, 0) is 6.54 Å². The summed E-state index contributed by atoms with van der Waals surface area (Å²) < 4.78 is 0. The lowest BCUT2D eigenvalue weighted by Crippen LogP contribution is -2.36. The van der Waals surface area contributed by atoms with Crippen molar-refractivity contribution in [1.82, 2.24) is 4.90 Å². The fourth-order valence-electron chi connectivity index (χ4n) is 2.10. The number of hydrogen-bond acceptors (Lipinski definition) is 3. The molecule has 15 heavy (non-hydrogen) atoms. The Bertz CT molecular complexity index is 313. The molecule has 0 spiro atoms. The molecular formula is C12H16N2O. The smallest absolute Gasteiger partial charge is 0.105 e. The third-order valence-corrected chi connectivity index (χ3v) is 2.88. The van der Waals surface area contributed by atoms with Gasteiger partial charge in [0.15, 0.2) is 0 Å². The average Bonchev–Trinajstić information content (AvgIpc) is 2.31. The van der Waals surface area contributed by atoms with Crippen molar-refractivity contribution >= 4 is 0 Å². The first-order chi connectivity index (χ1) is 7.38. The first-order valence-corrected chi connectivity index (χ1v) is 5.47. The molecule has 3 nitrogen and oxygen atoms in total. The van der Waals surface area contributed by atoms with Crippen LogP contribution in [0.25, 0.3) is 0 Å². The van der Waals surface area contributed by atoms with E-state index in [1.165, 1.54) is 5.56 Å². The van der Waals surface area contributed by atoms with E-state index in [1.807, 2.05) is 6.07 Å². The molecule has 1 aliphatic rings. The van der Waals surface area contributed by atoms with Crippen molar-refractivity contribution in [2.24, 2.45) is 5.18 Å². The van der Waals surface area contributed by atoms with Crippen LogP contribution in [0.4, 0.5) is 0 Å². The molecule has 1 heterocycles. The van der Waals surface area contributed by atoms with Crippen molar-refractivity contribution < 1.29 is 0 Å². The predicted molar refractivity (Wildman–Crippen MR) is 60.5 cm³/mol. The summed E-state index contributed by atoms with van der Waals surface area (Å²) in [5, 5.41) is 3.15. The molecule has 2 rings (SSSR count). The van der Waals surface area contributed by atoms with E-state index < -0.39 is 0 Å². The fourth-order valence-corrected chi connectivity index (χ4v) is 2.10. The van der Waals surface area contributed by atoms with Crippen molar-refractivity contribution in [3.05, 3.63) is 40.8 Å². The normalized spacial score (nSPS) is 22.5. The van der Waals surface area contributed by atoms with Crippen LogP contribution in [-0.4, -0.2) is 24.0 Å². The van der Waals surface area contributed by atoms with Crippen molar-refractivity contribution in [3.8, 4) is 0 Å². The van der Waals surface area contributed by atoms with Gasteiger partial charge in [0, 0.05) is 13.1 Å². The highest BCUT2D eigenvalue weighted by Gasteiger charge is 2.19. The highest BCUT2D eigenvalue weighted by molar-refractivity contribution is 5.14. The zero-order chi connectivity index (χ0) is 10.5. The van der Waals surface area contributed by atoms with Gasteiger partial charge in [-0.2, -0.15) is 4.91 Å². The minimum atomic E-state index is 0.00228. The second-order valence-corrected chi connectivity index (χ2v) is 4.12. The van der Waals surface area contributed by atoms with E-state index in [0.29, 0.717) is 0 Å². The van der Waals surface area contributed by atoms with Gasteiger partial charge in [-0.25, -0.2) is 0 Å². The maximum Gasteiger partial charge on any atom is 0.105 e. The van der Waals surface area contributed by atoms with Gasteiger partial charge >= 0.3 is 0 Å². The van der Waals surface area contributed by atoms with Crippen LogP contribution in [0.1, 0.15) is 18.4 Å². The number of nitroso groups, excluding NO2 is 1. The quantitative estimate of drug-likeness (QED) is 0.708. The topological polar surface area (TPSA) is 32.7 Å². The minimum absolute atomic E-state index is 0.00228. The van der Waals surface area contributed by atoms with Gasteiger partial charge < -0.3 is 0 Å². The summed E-state index contributed by atoms with van der Waals surface area (Å²) in [6.45, 7) is 2.84. The maximum atomic E-state index is 10.5. The summed E-state index contributed by atoms with van der Waals surface area (Å²) in [7, 11) is 0. The zero-order valence-corrected chi connectivity index (χ0v) is 8.80. The number of hydrogen-bond donors (Lipinski definition) is 0. The van der Waals surface area contributed by atoms with Crippen molar-refractivity contribution in [2.45, 2.75) is 25.4 Å². The molecule has 0 radical (unpaired) electrons. The van der Waals surface area contributed by atoms with Crippen molar-refractivity contribution in [1.29, 1.82) is 0 Å². The Labute approximate surface area is 90.1 Å². The monoisotopic (exact) mass is 204 g/mol. The van der Waals surface area contributed by atoms with Gasteiger partial charge in [-0.1, -0.05) is 35.5 Å². The Morgan fingerprint density at radius 1 is 1.33 bits per heavy atom. The summed E-state index contributed by atoms with van der Waals surface area (Å²) in [6.07, 6.45) is 2.04. The minimum Gasteiger partial charge on any atom is -0.297 e. The second kappa shape index (κ2) is 5.03. The molecule has 0 aromatic heterocycles. The molecule has 1 saturated heterocycles. The van der Waals surface area contributed by atoms with Gasteiger partial charge in [0.05, 0.1) is 0 Å². The molecule has 0 amide bonds. The standard InChI is InChI=1S/C12H16N2O/c15-13-12-7-4-8-14(10-12)9-11-5-2-1-3-6-11/h1-3,5-6,12H,4,7-10H2/t12-/m0/s1. The van der Waals surface area contributed by atoms with E-state index >= 15 is 0 Å². The molecule has 1 aromatic rings. The molecule has 1 fully saturated rings. The van der Waals surface area contributed by atoms with E-state index in [4.69, 9.17) is 0 Å². The highest BCUT2D eigenvalue weighted by atomic mass is 16.3. The van der Waals surface area contributed by atoms with Gasteiger partial charge in [0.25, 0.3) is 0 Å². The lowest BCUT2D eigenvalue weighted by Gasteiger charge is -2.29. The van der Waals surface area contributed by atoms with Crippen LogP contribution >= 0.6 is 0 Å². The van der Waals surface area contributed by atoms with Crippen LogP contribution < -0.4 is 0 Å². The predicted octanol–water partition coefficient (Wildman–Crippen LogP) is 2.42. The third kappa shape index (κ3) is 2.86. The molecule has 0 N–H and O–H groups in total. The van der Waals surface area contributed by atoms with Crippen LogP contribution in [0.2, 0.25) is 0 Å². The largest absolute Gasteiger partial charge is 0.297 e. The van der Waals surface area contributed by atoms with Crippen LogP contribution in [0.5, 0.6) is 0 Å². The summed E-state index contributed by atoms with van der Waals surface area (Å²) >= 11 is 0. The Morgan fingerprint density at radius 2 is 2.13 bits per heavy atom. The Hall–Kier alpha value is -1.22. The summed E-state index contributed by atoms with van der Waals surface area (Å²) in [4.78, 5) is 12.8.